The molecule has 1 aliphatic heterocycles. The molecule has 0 aromatic carbocycles. The van der Waals surface area contributed by atoms with Gasteiger partial charge in [0.15, 0.2) is 5.78 Å². The summed E-state index contributed by atoms with van der Waals surface area (Å²) in [5.74, 6) is -0.914. The minimum atomic E-state index is -0.456. The van der Waals surface area contributed by atoms with Crippen LogP contribution < -0.4 is 10.6 Å². The Morgan fingerprint density at radius 1 is 1.29 bits per heavy atom. The molecule has 3 atom stereocenters. The van der Waals surface area contributed by atoms with Crippen LogP contribution in [0.3, 0.4) is 0 Å². The van der Waals surface area contributed by atoms with Crippen LogP contribution in [0.2, 0.25) is 0 Å². The molecule has 0 bridgehead atoms. The number of carbonyl (C=O) groups is 3. The van der Waals surface area contributed by atoms with Crippen LogP contribution in [0.5, 0.6) is 0 Å². The topological polar surface area (TPSA) is 110 Å². The van der Waals surface area contributed by atoms with E-state index in [0.29, 0.717) is 6.42 Å². The number of hydrogen-bond acceptors (Lipinski definition) is 6. The lowest BCUT2D eigenvalue weighted by atomic mass is 9.80. The second-order valence-corrected chi connectivity index (χ2v) is 5.84. The van der Waals surface area contributed by atoms with Gasteiger partial charge in [-0.2, -0.15) is 0 Å². The molecule has 2 aliphatic rings. The van der Waals surface area contributed by atoms with Gasteiger partial charge in [-0.15, -0.1) is 0 Å². The molecule has 3 rings (SSSR count). The summed E-state index contributed by atoms with van der Waals surface area (Å²) >= 11 is 0. The highest BCUT2D eigenvalue weighted by Crippen LogP contribution is 2.30. The molecule has 0 radical (unpaired) electrons. The Balaban J connectivity index is 1.46. The van der Waals surface area contributed by atoms with Crippen molar-refractivity contribution in [2.45, 2.75) is 31.4 Å². The first-order valence-electron chi connectivity index (χ1n) is 7.83. The van der Waals surface area contributed by atoms with Crippen LogP contribution in [-0.2, 0) is 14.3 Å². The normalized spacial score (nSPS) is 25.3. The summed E-state index contributed by atoms with van der Waals surface area (Å²) in [4.78, 5) is 43.3. The van der Waals surface area contributed by atoms with Crippen LogP contribution in [0.15, 0.2) is 30.9 Å². The van der Waals surface area contributed by atoms with Crippen molar-refractivity contribution in [3.05, 3.63) is 36.6 Å². The Morgan fingerprint density at radius 2 is 2.17 bits per heavy atom. The Hall–Kier alpha value is -2.77. The van der Waals surface area contributed by atoms with Crippen molar-refractivity contribution >= 4 is 17.6 Å². The van der Waals surface area contributed by atoms with Crippen molar-refractivity contribution in [2.75, 3.05) is 6.54 Å². The molecule has 1 aromatic rings. The number of nitrogens with one attached hydrogen (secondary N) is 2. The van der Waals surface area contributed by atoms with Crippen molar-refractivity contribution < 1.29 is 19.1 Å². The third kappa shape index (κ3) is 3.76. The van der Waals surface area contributed by atoms with Gasteiger partial charge in [0.2, 0.25) is 5.91 Å². The van der Waals surface area contributed by atoms with E-state index >= 15 is 0 Å². The van der Waals surface area contributed by atoms with Crippen molar-refractivity contribution in [3.8, 4) is 0 Å². The molecule has 24 heavy (non-hydrogen) atoms. The predicted molar refractivity (Wildman–Crippen MR) is 82.7 cm³/mol. The van der Waals surface area contributed by atoms with Crippen LogP contribution >= 0.6 is 0 Å². The third-order valence-electron chi connectivity index (χ3n) is 4.21. The van der Waals surface area contributed by atoms with Crippen LogP contribution in [0.4, 0.5) is 0 Å². The summed E-state index contributed by atoms with van der Waals surface area (Å²) in [6.07, 6.45) is 9.01. The van der Waals surface area contributed by atoms with E-state index in [4.69, 9.17) is 4.74 Å². The second-order valence-electron chi connectivity index (χ2n) is 5.84. The fraction of sp³-hybridized carbons (Fsp3) is 0.438. The Labute approximate surface area is 138 Å². The van der Waals surface area contributed by atoms with Gasteiger partial charge in [-0.05, 0) is 19.3 Å². The van der Waals surface area contributed by atoms with Gasteiger partial charge in [0.05, 0.1) is 24.9 Å². The first-order chi connectivity index (χ1) is 11.6. The van der Waals surface area contributed by atoms with Gasteiger partial charge in [-0.3, -0.25) is 19.4 Å². The number of rotatable bonds is 4. The second kappa shape index (κ2) is 7.20. The number of fused-ring (bicyclic) bond motifs is 1. The van der Waals surface area contributed by atoms with Crippen LogP contribution in [-0.4, -0.2) is 46.3 Å². The van der Waals surface area contributed by atoms with Crippen LogP contribution in [0, 0.1) is 5.92 Å². The van der Waals surface area contributed by atoms with Gasteiger partial charge in [-0.1, -0.05) is 0 Å². The molecule has 1 aliphatic carbocycles. The summed E-state index contributed by atoms with van der Waals surface area (Å²) in [5, 5.41) is 5.35. The highest BCUT2D eigenvalue weighted by molar-refractivity contribution is 5.94. The maximum atomic E-state index is 12.0. The van der Waals surface area contributed by atoms with Gasteiger partial charge < -0.3 is 15.4 Å². The van der Waals surface area contributed by atoms with E-state index < -0.39 is 5.91 Å². The first kappa shape index (κ1) is 16.1. The Bertz CT molecular complexity index is 661. The van der Waals surface area contributed by atoms with E-state index in [9.17, 15) is 14.4 Å². The quantitative estimate of drug-likeness (QED) is 0.802. The molecule has 1 aromatic heterocycles. The lowest BCUT2D eigenvalue weighted by molar-refractivity contribution is -0.128. The number of allylic oxidation sites excluding steroid dienone is 1. The zero-order chi connectivity index (χ0) is 16.9. The summed E-state index contributed by atoms with van der Waals surface area (Å²) in [6, 6.07) is -0.0915. The fourth-order valence-electron chi connectivity index (χ4n) is 3.01. The fourth-order valence-corrected chi connectivity index (χ4v) is 3.01. The number of amides is 2. The number of carbonyl (C=O) groups excluding carboxylic acids is 3. The standard InChI is InChI=1S/C16H18N4O4/c21-13-3-6-24-14-2-1-10(7-11(13)14)20-15(22)9-19-16(23)12-8-17-4-5-18-12/h3-6,8,10-11,14H,1-2,7,9H2,(H,19,23)(H,20,22). The summed E-state index contributed by atoms with van der Waals surface area (Å²) in [7, 11) is 0. The number of hydrogen-bond donors (Lipinski definition) is 2. The van der Waals surface area contributed by atoms with E-state index in [1.54, 1.807) is 0 Å². The molecule has 8 heteroatoms. The average Bonchev–Trinajstić information content (AvgIpc) is 2.61. The maximum Gasteiger partial charge on any atom is 0.271 e. The van der Waals surface area contributed by atoms with Gasteiger partial charge in [-0.25, -0.2) is 4.98 Å². The van der Waals surface area contributed by atoms with Crippen LogP contribution in [0.1, 0.15) is 29.8 Å². The molecule has 0 saturated heterocycles. The molecule has 2 N–H and O–H groups in total. The lowest BCUT2D eigenvalue weighted by Crippen LogP contribution is -2.48. The molecule has 0 spiro atoms. The van der Waals surface area contributed by atoms with Crippen LogP contribution in [0.25, 0.3) is 0 Å². The Kier molecular flexibility index (Phi) is 4.83. The first-order valence-corrected chi connectivity index (χ1v) is 7.83. The summed E-state index contributed by atoms with van der Waals surface area (Å²) in [6.45, 7) is -0.148. The van der Waals surface area contributed by atoms with Crippen molar-refractivity contribution in [1.82, 2.24) is 20.6 Å². The number of ether oxygens (including phenoxy) is 1. The molecule has 3 unspecified atom stereocenters. The van der Waals surface area contributed by atoms with E-state index in [1.807, 2.05) is 0 Å². The lowest BCUT2D eigenvalue weighted by Gasteiger charge is -2.36. The Morgan fingerprint density at radius 3 is 2.96 bits per heavy atom. The van der Waals surface area contributed by atoms with E-state index in [0.717, 1.165) is 12.8 Å². The molecule has 2 heterocycles. The molecule has 2 amide bonds. The monoisotopic (exact) mass is 330 g/mol. The summed E-state index contributed by atoms with van der Waals surface area (Å²) in [5.41, 5.74) is 0.155. The molecule has 1 fully saturated rings. The van der Waals surface area contributed by atoms with Gasteiger partial charge in [0.25, 0.3) is 5.91 Å². The van der Waals surface area contributed by atoms with E-state index in [1.165, 1.54) is 30.9 Å². The third-order valence-corrected chi connectivity index (χ3v) is 4.21. The smallest absolute Gasteiger partial charge is 0.271 e. The molecular formula is C16H18N4O4. The zero-order valence-corrected chi connectivity index (χ0v) is 13.0. The SMILES string of the molecule is O=C(CNC(=O)c1cnccn1)NC1CCC2OC=CC(=O)C2C1. The molecular weight excluding hydrogens is 312 g/mol. The van der Waals surface area contributed by atoms with E-state index in [-0.39, 0.29) is 42.0 Å². The van der Waals surface area contributed by atoms with E-state index in [2.05, 4.69) is 20.6 Å². The van der Waals surface area contributed by atoms with Crippen molar-refractivity contribution in [3.63, 3.8) is 0 Å². The number of nitrogens with zero attached hydrogens (tertiary/aromatic N) is 2. The minimum Gasteiger partial charge on any atom is -0.497 e. The van der Waals surface area contributed by atoms with Crippen molar-refractivity contribution in [1.29, 1.82) is 0 Å². The highest BCUT2D eigenvalue weighted by Gasteiger charge is 2.37. The zero-order valence-electron chi connectivity index (χ0n) is 13.0. The van der Waals surface area contributed by atoms with Crippen molar-refractivity contribution in [2.24, 2.45) is 5.92 Å². The largest absolute Gasteiger partial charge is 0.497 e. The number of ketones is 1. The predicted octanol–water partition coefficient (Wildman–Crippen LogP) is -0.0271. The average molecular weight is 330 g/mol. The van der Waals surface area contributed by atoms with Gasteiger partial charge in [0, 0.05) is 24.5 Å². The van der Waals surface area contributed by atoms with Gasteiger partial charge in [0.1, 0.15) is 11.8 Å². The minimum absolute atomic E-state index is 0.0427. The number of aromatic nitrogens is 2. The maximum absolute atomic E-state index is 12.0. The molecule has 1 saturated carbocycles. The molecule has 126 valence electrons. The van der Waals surface area contributed by atoms with Gasteiger partial charge >= 0.3 is 0 Å². The molecule has 8 nitrogen and oxygen atoms in total. The highest BCUT2D eigenvalue weighted by atomic mass is 16.5. The summed E-state index contributed by atoms with van der Waals surface area (Å²) < 4.78 is 5.45.